The second-order valence-electron chi connectivity index (χ2n) is 6.27. The Morgan fingerprint density at radius 2 is 2.08 bits per heavy atom. The third-order valence-corrected chi connectivity index (χ3v) is 4.59. The van der Waals surface area contributed by atoms with Gasteiger partial charge >= 0.3 is 0 Å². The molecule has 0 aromatic heterocycles. The summed E-state index contributed by atoms with van der Waals surface area (Å²) in [6.45, 7) is 0.770. The smallest absolute Gasteiger partial charge is 0.279 e. The van der Waals surface area contributed by atoms with Gasteiger partial charge in [0.1, 0.15) is 18.1 Å². The second kappa shape index (κ2) is 7.85. The number of carbonyl (C=O) groups is 1. The number of halogens is 2. The van der Waals surface area contributed by atoms with Gasteiger partial charge in [-0.05, 0) is 24.3 Å². The molecule has 1 unspecified atom stereocenters. The fourth-order valence-corrected chi connectivity index (χ4v) is 3.08. The zero-order valence-electron chi connectivity index (χ0n) is 14.0. The second-order valence-corrected chi connectivity index (χ2v) is 6.71. The van der Waals surface area contributed by atoms with Gasteiger partial charge in [0, 0.05) is 23.4 Å². The van der Waals surface area contributed by atoms with Crippen LogP contribution in [0.5, 0.6) is 5.75 Å². The van der Waals surface area contributed by atoms with Crippen molar-refractivity contribution in [3.63, 3.8) is 0 Å². The van der Waals surface area contributed by atoms with E-state index in [1.54, 1.807) is 37.4 Å². The summed E-state index contributed by atoms with van der Waals surface area (Å²) >= 11 is 5.99. The fraction of sp³-hybridized carbons (Fsp3) is 0.316. The highest BCUT2D eigenvalue weighted by atomic mass is 35.5. The van der Waals surface area contributed by atoms with E-state index < -0.39 is 0 Å². The molecule has 1 aliphatic rings. The lowest BCUT2D eigenvalue weighted by molar-refractivity contribution is -0.917. The molecule has 0 bridgehead atoms. The first-order valence-electron chi connectivity index (χ1n) is 8.28. The first kappa shape index (κ1) is 17.7. The van der Waals surface area contributed by atoms with Crippen LogP contribution >= 0.6 is 11.6 Å². The van der Waals surface area contributed by atoms with Crippen LogP contribution < -0.4 is 15.0 Å². The van der Waals surface area contributed by atoms with E-state index in [1.807, 2.05) is 6.07 Å². The Morgan fingerprint density at radius 3 is 2.76 bits per heavy atom. The Labute approximate surface area is 151 Å². The molecule has 1 atom stereocenters. The maximum absolute atomic E-state index is 13.9. The standard InChI is InChI=1S/C19H20ClFN2O2/c1-25-18-9-6-14(20)10-17(18)22-19(24)12-23(15-7-8-15)11-13-4-2-3-5-16(13)21/h2-6,9-10,15H,7-8,11-12H2,1H3,(H,22,24)/p+1. The maximum Gasteiger partial charge on any atom is 0.279 e. The lowest BCUT2D eigenvalue weighted by Crippen LogP contribution is -3.13. The highest BCUT2D eigenvalue weighted by Crippen LogP contribution is 2.27. The normalized spacial score (nSPS) is 14.8. The van der Waals surface area contributed by atoms with Crippen molar-refractivity contribution in [2.75, 3.05) is 19.0 Å². The highest BCUT2D eigenvalue weighted by Gasteiger charge is 2.35. The zero-order valence-corrected chi connectivity index (χ0v) is 14.8. The van der Waals surface area contributed by atoms with Crippen LogP contribution in [0.4, 0.5) is 10.1 Å². The number of ether oxygens (including phenoxy) is 1. The number of hydrogen-bond donors (Lipinski definition) is 2. The summed E-state index contributed by atoms with van der Waals surface area (Å²) in [5, 5.41) is 3.37. The van der Waals surface area contributed by atoms with Crippen molar-refractivity contribution >= 4 is 23.2 Å². The molecule has 25 heavy (non-hydrogen) atoms. The minimum absolute atomic E-state index is 0.140. The van der Waals surface area contributed by atoms with Crippen molar-refractivity contribution in [2.45, 2.75) is 25.4 Å². The molecule has 0 radical (unpaired) electrons. The topological polar surface area (TPSA) is 42.8 Å². The van der Waals surface area contributed by atoms with Crippen molar-refractivity contribution < 1.29 is 18.8 Å². The fourth-order valence-electron chi connectivity index (χ4n) is 2.91. The number of benzene rings is 2. The molecule has 2 N–H and O–H groups in total. The number of amides is 1. The Morgan fingerprint density at radius 1 is 1.32 bits per heavy atom. The molecule has 132 valence electrons. The summed E-state index contributed by atoms with van der Waals surface area (Å²) in [7, 11) is 1.54. The molecule has 0 saturated heterocycles. The molecule has 0 spiro atoms. The number of methoxy groups -OCH3 is 1. The Hall–Kier alpha value is -2.11. The molecule has 6 heteroatoms. The molecular weight excluding hydrogens is 343 g/mol. The van der Waals surface area contributed by atoms with E-state index in [1.165, 1.54) is 6.07 Å². The van der Waals surface area contributed by atoms with Crippen molar-refractivity contribution in [2.24, 2.45) is 0 Å². The number of carbonyl (C=O) groups excluding carboxylic acids is 1. The molecule has 2 aromatic rings. The summed E-state index contributed by atoms with van der Waals surface area (Å²) in [5.41, 5.74) is 1.18. The summed E-state index contributed by atoms with van der Waals surface area (Å²) in [6.07, 6.45) is 2.13. The van der Waals surface area contributed by atoms with Gasteiger partial charge in [0.25, 0.3) is 5.91 Å². The van der Waals surface area contributed by atoms with Crippen LogP contribution in [0.2, 0.25) is 5.02 Å². The zero-order chi connectivity index (χ0) is 17.8. The molecule has 1 aliphatic carbocycles. The van der Waals surface area contributed by atoms with Crippen molar-refractivity contribution in [1.29, 1.82) is 0 Å². The minimum atomic E-state index is -0.224. The van der Waals surface area contributed by atoms with Crippen molar-refractivity contribution in [3.8, 4) is 5.75 Å². The molecule has 0 aliphatic heterocycles. The molecule has 0 heterocycles. The van der Waals surface area contributed by atoms with Gasteiger partial charge < -0.3 is 15.0 Å². The van der Waals surface area contributed by atoms with Crippen LogP contribution in [0.3, 0.4) is 0 Å². The molecule has 1 saturated carbocycles. The largest absolute Gasteiger partial charge is 0.495 e. The van der Waals surface area contributed by atoms with E-state index in [-0.39, 0.29) is 18.3 Å². The Balaban J connectivity index is 1.68. The van der Waals surface area contributed by atoms with E-state index in [9.17, 15) is 9.18 Å². The molecule has 1 fully saturated rings. The summed E-state index contributed by atoms with van der Waals surface area (Å²) in [4.78, 5) is 13.6. The van der Waals surface area contributed by atoms with Gasteiger partial charge in [0.2, 0.25) is 0 Å². The van der Waals surface area contributed by atoms with Gasteiger partial charge in [-0.15, -0.1) is 0 Å². The SMILES string of the molecule is COc1ccc(Cl)cc1NC(=O)C[NH+](Cc1ccccc1F)C1CC1. The number of anilines is 1. The number of hydrogen-bond acceptors (Lipinski definition) is 2. The van der Waals surface area contributed by atoms with Crippen LogP contribution in [0.25, 0.3) is 0 Å². The van der Waals surface area contributed by atoms with Crippen LogP contribution in [0.15, 0.2) is 42.5 Å². The predicted molar refractivity (Wildman–Crippen MR) is 95.6 cm³/mol. The first-order valence-corrected chi connectivity index (χ1v) is 8.66. The lowest BCUT2D eigenvalue weighted by Gasteiger charge is -2.19. The average molecular weight is 364 g/mol. The molecule has 2 aromatic carbocycles. The van der Waals surface area contributed by atoms with Gasteiger partial charge in [-0.2, -0.15) is 0 Å². The highest BCUT2D eigenvalue weighted by molar-refractivity contribution is 6.31. The average Bonchev–Trinajstić information content (AvgIpc) is 3.41. The maximum atomic E-state index is 13.9. The number of quaternary nitrogens is 1. The van der Waals surface area contributed by atoms with E-state index in [0.29, 0.717) is 34.6 Å². The third kappa shape index (κ3) is 4.71. The van der Waals surface area contributed by atoms with Crippen molar-refractivity contribution in [3.05, 3.63) is 58.9 Å². The van der Waals surface area contributed by atoms with E-state index in [2.05, 4.69) is 5.32 Å². The van der Waals surface area contributed by atoms with Crippen LogP contribution in [0.1, 0.15) is 18.4 Å². The van der Waals surface area contributed by atoms with Crippen molar-refractivity contribution in [1.82, 2.24) is 0 Å². The van der Waals surface area contributed by atoms with Crippen LogP contribution in [-0.2, 0) is 11.3 Å². The monoisotopic (exact) mass is 363 g/mol. The molecule has 3 rings (SSSR count). The Kier molecular flexibility index (Phi) is 5.56. The number of nitrogens with one attached hydrogen (secondary N) is 2. The van der Waals surface area contributed by atoms with Gasteiger partial charge in [-0.25, -0.2) is 4.39 Å². The van der Waals surface area contributed by atoms with Crippen LogP contribution in [0, 0.1) is 5.82 Å². The molecule has 1 amide bonds. The first-order chi connectivity index (χ1) is 12.1. The van der Waals surface area contributed by atoms with Gasteiger partial charge in [-0.3, -0.25) is 4.79 Å². The van der Waals surface area contributed by atoms with E-state index in [0.717, 1.165) is 17.7 Å². The summed E-state index contributed by atoms with van der Waals surface area (Å²) in [6, 6.07) is 12.2. The Bertz CT molecular complexity index is 765. The van der Waals surface area contributed by atoms with E-state index >= 15 is 0 Å². The van der Waals surface area contributed by atoms with Gasteiger partial charge in [0.15, 0.2) is 6.54 Å². The predicted octanol–water partition coefficient (Wildman–Crippen LogP) is 2.67. The van der Waals surface area contributed by atoms with Crippen LogP contribution in [-0.4, -0.2) is 25.6 Å². The summed E-state index contributed by atoms with van der Waals surface area (Å²) in [5.74, 6) is 0.191. The minimum Gasteiger partial charge on any atom is -0.495 e. The number of rotatable bonds is 7. The third-order valence-electron chi connectivity index (χ3n) is 4.35. The lowest BCUT2D eigenvalue weighted by atomic mass is 10.2. The quantitative estimate of drug-likeness (QED) is 0.794. The van der Waals surface area contributed by atoms with Gasteiger partial charge in [0.05, 0.1) is 18.8 Å². The molecular formula is C19H21ClFN2O2+. The molecule has 4 nitrogen and oxygen atoms in total. The van der Waals surface area contributed by atoms with E-state index in [4.69, 9.17) is 16.3 Å². The van der Waals surface area contributed by atoms with Gasteiger partial charge in [-0.1, -0.05) is 29.8 Å². The summed E-state index contributed by atoms with van der Waals surface area (Å²) < 4.78 is 19.2.